The van der Waals surface area contributed by atoms with Crippen molar-refractivity contribution in [1.29, 1.82) is 0 Å². The number of carbonyl (C=O) groups is 1. The lowest BCUT2D eigenvalue weighted by molar-refractivity contribution is -0.139. The molecule has 11 heteroatoms. The van der Waals surface area contributed by atoms with Crippen LogP contribution in [0.2, 0.25) is 0 Å². The Kier molecular flexibility index (Phi) is 13.5. The van der Waals surface area contributed by atoms with Gasteiger partial charge in [-0.05, 0) is 61.4 Å². The topological polar surface area (TPSA) is 152 Å². The van der Waals surface area contributed by atoms with Crippen molar-refractivity contribution in [3.8, 4) is 5.75 Å². The summed E-state index contributed by atoms with van der Waals surface area (Å²) in [4.78, 5) is 37.5. The number of H-pyrrole nitrogens is 1. The molecule has 288 valence electrons. The van der Waals surface area contributed by atoms with Crippen LogP contribution in [0.3, 0.4) is 0 Å². The summed E-state index contributed by atoms with van der Waals surface area (Å²) in [6.45, 7) is 1.09. The highest BCUT2D eigenvalue weighted by Crippen LogP contribution is 2.42. The number of carboxylic acids is 1. The van der Waals surface area contributed by atoms with Crippen LogP contribution >= 0.6 is 0 Å². The van der Waals surface area contributed by atoms with E-state index in [1.165, 1.54) is 75.0 Å². The number of benzene rings is 3. The Balaban J connectivity index is 0.000000321. The lowest BCUT2D eigenvalue weighted by Crippen LogP contribution is -2.40. The van der Waals surface area contributed by atoms with E-state index in [1.807, 2.05) is 72.8 Å². The van der Waals surface area contributed by atoms with Crippen molar-refractivity contribution in [3.05, 3.63) is 134 Å². The minimum absolute atomic E-state index is 0.0319. The minimum Gasteiger partial charge on any atom is -0.482 e. The van der Waals surface area contributed by atoms with Crippen LogP contribution in [-0.2, 0) is 19.9 Å². The van der Waals surface area contributed by atoms with E-state index in [9.17, 15) is 19.5 Å². The van der Waals surface area contributed by atoms with Gasteiger partial charge in [0.2, 0.25) is 0 Å². The highest BCUT2D eigenvalue weighted by Gasteiger charge is 2.42. The first-order valence-electron chi connectivity index (χ1n) is 19.3. The molecule has 2 aliphatic carbocycles. The SMILES string of the molecule is C1CCC(NC2CCCCC2)CC1.Cc1cn(C2CC(O)C(COC(c3ccccc3)(c3ccccc3)c3ccc(OCC(=O)O)cc3)O2)c(=O)[nH]c1=O. The van der Waals surface area contributed by atoms with E-state index in [4.69, 9.17) is 19.3 Å². The molecule has 2 saturated carbocycles. The maximum atomic E-state index is 12.4. The second-order valence-electron chi connectivity index (χ2n) is 14.7. The Morgan fingerprint density at radius 3 is 1.91 bits per heavy atom. The number of aliphatic hydroxyl groups is 1. The number of aryl methyl sites for hydroxylation is 1. The molecule has 3 unspecified atom stereocenters. The summed E-state index contributed by atoms with van der Waals surface area (Å²) in [7, 11) is 0. The standard InChI is InChI=1S/C31H30N2O8.C12H23N/c1-20-17-33(30(38)32-29(20)37)27-16-25(34)26(41-27)18-40-31(21-8-4-2-5-9-21,22-10-6-3-7-11-22)23-12-14-24(15-13-23)39-19-28(35)36;1-3-7-11(8-4-1)13-12-9-5-2-6-10-12/h2-15,17,25-27,34H,16,18-19H2,1H3,(H,35,36)(H,32,37,38);11-13H,1-10H2. The van der Waals surface area contributed by atoms with Crippen LogP contribution in [0.15, 0.2) is 101 Å². The van der Waals surface area contributed by atoms with Crippen molar-refractivity contribution in [2.45, 2.75) is 114 Å². The normalized spacial score (nSPS) is 20.9. The smallest absolute Gasteiger partial charge is 0.341 e. The molecule has 0 spiro atoms. The Bertz CT molecular complexity index is 1830. The molecule has 7 rings (SSSR count). The van der Waals surface area contributed by atoms with Crippen molar-refractivity contribution in [1.82, 2.24) is 14.9 Å². The van der Waals surface area contributed by atoms with Crippen molar-refractivity contribution in [3.63, 3.8) is 0 Å². The first kappa shape index (κ1) is 39.2. The van der Waals surface area contributed by atoms with Gasteiger partial charge in [-0.3, -0.25) is 14.3 Å². The van der Waals surface area contributed by atoms with Gasteiger partial charge in [0.25, 0.3) is 5.56 Å². The fourth-order valence-electron chi connectivity index (χ4n) is 7.94. The predicted molar refractivity (Wildman–Crippen MR) is 206 cm³/mol. The number of hydrogen-bond acceptors (Lipinski definition) is 8. The summed E-state index contributed by atoms with van der Waals surface area (Å²) in [5, 5.41) is 23.8. The molecule has 1 saturated heterocycles. The van der Waals surface area contributed by atoms with Crippen LogP contribution in [-0.4, -0.2) is 63.2 Å². The van der Waals surface area contributed by atoms with Crippen LogP contribution in [0, 0.1) is 6.92 Å². The summed E-state index contributed by atoms with van der Waals surface area (Å²) in [6, 6.07) is 27.9. The molecule has 3 aliphatic rings. The monoisotopic (exact) mass is 739 g/mol. The molecular weight excluding hydrogens is 686 g/mol. The van der Waals surface area contributed by atoms with E-state index < -0.39 is 47.9 Å². The molecule has 0 radical (unpaired) electrons. The number of rotatable bonds is 12. The zero-order valence-electron chi connectivity index (χ0n) is 31.0. The van der Waals surface area contributed by atoms with Gasteiger partial charge >= 0.3 is 11.7 Å². The van der Waals surface area contributed by atoms with E-state index in [0.29, 0.717) is 11.3 Å². The van der Waals surface area contributed by atoms with Gasteiger partial charge < -0.3 is 29.7 Å². The molecule has 4 aromatic rings. The molecule has 4 N–H and O–H groups in total. The highest BCUT2D eigenvalue weighted by molar-refractivity contribution is 5.68. The van der Waals surface area contributed by atoms with Crippen LogP contribution in [0.4, 0.5) is 0 Å². The number of hydrogen-bond donors (Lipinski definition) is 4. The summed E-state index contributed by atoms with van der Waals surface area (Å²) in [6.07, 6.45) is 13.6. The first-order chi connectivity index (χ1) is 26.2. The molecule has 3 aromatic carbocycles. The predicted octanol–water partition coefficient (Wildman–Crippen LogP) is 6.21. The number of aromatic amines is 1. The largest absolute Gasteiger partial charge is 0.482 e. The zero-order chi connectivity index (χ0) is 37.9. The Morgan fingerprint density at radius 2 is 1.37 bits per heavy atom. The second-order valence-corrected chi connectivity index (χ2v) is 14.7. The molecule has 0 amide bonds. The van der Waals surface area contributed by atoms with Crippen molar-refractivity contribution >= 4 is 5.97 Å². The number of aliphatic hydroxyl groups excluding tert-OH is 1. The van der Waals surface area contributed by atoms with E-state index >= 15 is 0 Å². The number of carboxylic acid groups (broad SMARTS) is 1. The lowest BCUT2D eigenvalue weighted by atomic mass is 9.80. The summed E-state index contributed by atoms with van der Waals surface area (Å²) in [5.74, 6) is -0.682. The summed E-state index contributed by atoms with van der Waals surface area (Å²) < 4.78 is 19.5. The van der Waals surface area contributed by atoms with E-state index in [1.54, 1.807) is 19.1 Å². The summed E-state index contributed by atoms with van der Waals surface area (Å²) >= 11 is 0. The molecule has 54 heavy (non-hydrogen) atoms. The van der Waals surface area contributed by atoms with E-state index in [2.05, 4.69) is 10.3 Å². The van der Waals surface area contributed by atoms with Crippen LogP contribution in [0.25, 0.3) is 0 Å². The van der Waals surface area contributed by atoms with Crippen molar-refractivity contribution in [2.24, 2.45) is 0 Å². The molecule has 3 fully saturated rings. The van der Waals surface area contributed by atoms with Crippen molar-refractivity contribution < 1.29 is 29.2 Å². The van der Waals surface area contributed by atoms with Crippen LogP contribution in [0.1, 0.15) is 99.1 Å². The number of nitrogens with zero attached hydrogens (tertiary/aromatic N) is 1. The maximum Gasteiger partial charge on any atom is 0.341 e. The van der Waals surface area contributed by atoms with Gasteiger partial charge in [0, 0.05) is 30.3 Å². The molecule has 1 aromatic heterocycles. The van der Waals surface area contributed by atoms with Gasteiger partial charge in [-0.25, -0.2) is 9.59 Å². The average Bonchev–Trinajstić information content (AvgIpc) is 3.57. The molecule has 11 nitrogen and oxygen atoms in total. The molecule has 3 atom stereocenters. The third-order valence-corrected chi connectivity index (χ3v) is 10.8. The third-order valence-electron chi connectivity index (χ3n) is 10.8. The van der Waals surface area contributed by atoms with Gasteiger partial charge in [0.05, 0.1) is 12.7 Å². The fraction of sp³-hybridized carbons (Fsp3) is 0.465. The third kappa shape index (κ3) is 9.75. The minimum atomic E-state index is -1.14. The summed E-state index contributed by atoms with van der Waals surface area (Å²) in [5.41, 5.74) is 0.510. The van der Waals surface area contributed by atoms with Crippen LogP contribution < -0.4 is 21.3 Å². The highest BCUT2D eigenvalue weighted by atomic mass is 16.6. The molecule has 1 aliphatic heterocycles. The lowest BCUT2D eigenvalue weighted by Gasteiger charge is -2.37. The van der Waals surface area contributed by atoms with Gasteiger partial charge in [-0.1, -0.05) is 111 Å². The number of ether oxygens (including phenoxy) is 3. The number of aromatic nitrogens is 2. The van der Waals surface area contributed by atoms with Gasteiger partial charge in [0.15, 0.2) is 6.61 Å². The molecular formula is C43H53N3O8. The van der Waals surface area contributed by atoms with E-state index in [0.717, 1.165) is 28.8 Å². The maximum absolute atomic E-state index is 12.4. The van der Waals surface area contributed by atoms with E-state index in [-0.39, 0.29) is 13.0 Å². The average molecular weight is 740 g/mol. The second kappa shape index (κ2) is 18.7. The Labute approximate surface area is 316 Å². The Hall–Kier alpha value is -4.55. The van der Waals surface area contributed by atoms with Gasteiger partial charge in [-0.15, -0.1) is 0 Å². The quantitative estimate of drug-likeness (QED) is 0.124. The van der Waals surface area contributed by atoms with Gasteiger partial charge in [-0.2, -0.15) is 0 Å². The number of aliphatic carboxylic acids is 1. The first-order valence-corrected chi connectivity index (χ1v) is 19.3. The Morgan fingerprint density at radius 1 is 0.833 bits per heavy atom. The molecule has 0 bridgehead atoms. The van der Waals surface area contributed by atoms with Crippen LogP contribution in [0.5, 0.6) is 5.75 Å². The fourth-order valence-corrected chi connectivity index (χ4v) is 7.94. The van der Waals surface area contributed by atoms with Gasteiger partial charge in [0.1, 0.15) is 23.7 Å². The number of nitrogens with one attached hydrogen (secondary N) is 2. The zero-order valence-corrected chi connectivity index (χ0v) is 31.0. The molecule has 2 heterocycles. The van der Waals surface area contributed by atoms with Crippen molar-refractivity contribution in [2.75, 3.05) is 13.2 Å².